The van der Waals surface area contributed by atoms with Crippen LogP contribution in [0.1, 0.15) is 12.0 Å². The number of aromatic nitrogens is 3. The number of thiazole rings is 1. The van der Waals surface area contributed by atoms with Crippen molar-refractivity contribution < 1.29 is 4.79 Å². The number of rotatable bonds is 5. The lowest BCUT2D eigenvalue weighted by atomic mass is 9.97. The summed E-state index contributed by atoms with van der Waals surface area (Å²) in [4.78, 5) is 32.8. The minimum absolute atomic E-state index is 0.195. The van der Waals surface area contributed by atoms with Crippen molar-refractivity contribution in [3.63, 3.8) is 0 Å². The topological polar surface area (TPSA) is 89.5 Å². The number of amides is 1. The lowest BCUT2D eigenvalue weighted by Crippen LogP contribution is -2.49. The van der Waals surface area contributed by atoms with Crippen LogP contribution in [0.25, 0.3) is 10.2 Å². The quantitative estimate of drug-likeness (QED) is 0.528. The standard InChI is InChI=1S/C25H30N8OS/c1-31-8-10-32(11-9-31)14-23(34)33-6-4-17(5-7-33)21-13-19-24(26-15-27-25(19)30-21)29-18-2-3-20-22(12-18)35-16-28-20/h2-4,12,15-16,21H,5-11,13-14H2,1H3,(H2,26,27,29,30). The smallest absolute Gasteiger partial charge is 0.237 e. The van der Waals surface area contributed by atoms with Crippen molar-refractivity contribution in [1.29, 1.82) is 0 Å². The summed E-state index contributed by atoms with van der Waals surface area (Å²) < 4.78 is 1.15. The van der Waals surface area contributed by atoms with Gasteiger partial charge in [0.2, 0.25) is 5.91 Å². The predicted molar refractivity (Wildman–Crippen MR) is 139 cm³/mol. The van der Waals surface area contributed by atoms with Gasteiger partial charge in [0.15, 0.2) is 0 Å². The number of benzene rings is 1. The molecule has 6 rings (SSSR count). The number of hydrogen-bond donors (Lipinski definition) is 2. The Morgan fingerprint density at radius 2 is 2.06 bits per heavy atom. The van der Waals surface area contributed by atoms with Crippen molar-refractivity contribution >= 4 is 44.8 Å². The van der Waals surface area contributed by atoms with Gasteiger partial charge in [-0.2, -0.15) is 0 Å². The van der Waals surface area contributed by atoms with Crippen LogP contribution >= 0.6 is 11.3 Å². The highest BCUT2D eigenvalue weighted by Crippen LogP contribution is 2.34. The van der Waals surface area contributed by atoms with Gasteiger partial charge in [-0.05, 0) is 37.2 Å². The lowest BCUT2D eigenvalue weighted by Gasteiger charge is -2.34. The normalized spacial score (nSPS) is 21.0. The van der Waals surface area contributed by atoms with Gasteiger partial charge in [0, 0.05) is 56.9 Å². The van der Waals surface area contributed by atoms with Crippen molar-refractivity contribution in [2.45, 2.75) is 18.9 Å². The summed E-state index contributed by atoms with van der Waals surface area (Å²) in [6.45, 7) is 5.99. The largest absolute Gasteiger partial charge is 0.363 e. The van der Waals surface area contributed by atoms with Crippen molar-refractivity contribution in [3.05, 3.63) is 47.2 Å². The van der Waals surface area contributed by atoms with Crippen molar-refractivity contribution in [2.24, 2.45) is 0 Å². The molecule has 182 valence electrons. The van der Waals surface area contributed by atoms with Gasteiger partial charge < -0.3 is 20.4 Å². The minimum atomic E-state index is 0.195. The molecule has 35 heavy (non-hydrogen) atoms. The molecule has 2 aromatic heterocycles. The van der Waals surface area contributed by atoms with Crippen LogP contribution in [0, 0.1) is 0 Å². The fourth-order valence-electron chi connectivity index (χ4n) is 5.08. The van der Waals surface area contributed by atoms with E-state index in [1.54, 1.807) is 17.7 Å². The Bertz CT molecular complexity index is 1270. The molecule has 2 N–H and O–H groups in total. The third kappa shape index (κ3) is 4.73. The number of nitrogens with zero attached hydrogens (tertiary/aromatic N) is 6. The van der Waals surface area contributed by atoms with E-state index in [-0.39, 0.29) is 11.9 Å². The summed E-state index contributed by atoms with van der Waals surface area (Å²) in [7, 11) is 2.14. The first-order chi connectivity index (χ1) is 17.1. The van der Waals surface area contributed by atoms with Gasteiger partial charge in [-0.1, -0.05) is 6.08 Å². The fraction of sp³-hybridized carbons (Fsp3) is 0.440. The lowest BCUT2D eigenvalue weighted by molar-refractivity contribution is -0.132. The first kappa shape index (κ1) is 22.4. The Hall–Kier alpha value is -3.08. The fourth-order valence-corrected chi connectivity index (χ4v) is 5.79. The maximum absolute atomic E-state index is 12.8. The van der Waals surface area contributed by atoms with Crippen molar-refractivity contribution in [2.75, 3.05) is 63.5 Å². The Morgan fingerprint density at radius 1 is 1.17 bits per heavy atom. The molecule has 3 aliphatic rings. The summed E-state index contributed by atoms with van der Waals surface area (Å²) in [6.07, 6.45) is 5.56. The van der Waals surface area contributed by atoms with Crippen LogP contribution in [-0.4, -0.2) is 94.5 Å². The van der Waals surface area contributed by atoms with Crippen LogP contribution in [0.2, 0.25) is 0 Å². The molecule has 1 amide bonds. The number of anilines is 3. The number of likely N-dealkylation sites (N-methyl/N-ethyl adjacent to an activating group) is 1. The molecule has 0 aliphatic carbocycles. The van der Waals surface area contributed by atoms with Crippen molar-refractivity contribution in [3.8, 4) is 0 Å². The molecule has 3 aromatic rings. The van der Waals surface area contributed by atoms with Crippen LogP contribution in [0.3, 0.4) is 0 Å². The molecule has 9 nitrogen and oxygen atoms in total. The molecular formula is C25H30N8OS. The highest BCUT2D eigenvalue weighted by Gasteiger charge is 2.30. The van der Waals surface area contributed by atoms with Crippen LogP contribution < -0.4 is 10.6 Å². The second kappa shape index (κ2) is 9.52. The second-order valence-corrected chi connectivity index (χ2v) is 10.4. The molecule has 1 atom stereocenters. The first-order valence-electron chi connectivity index (χ1n) is 12.2. The third-order valence-corrected chi connectivity index (χ3v) is 8.05. The van der Waals surface area contributed by atoms with Gasteiger partial charge in [0.25, 0.3) is 0 Å². The Morgan fingerprint density at radius 3 is 2.89 bits per heavy atom. The predicted octanol–water partition coefficient (Wildman–Crippen LogP) is 2.57. The highest BCUT2D eigenvalue weighted by molar-refractivity contribution is 7.16. The molecule has 5 heterocycles. The average molecular weight is 491 g/mol. The summed E-state index contributed by atoms with van der Waals surface area (Å²) in [5.74, 6) is 1.97. The monoisotopic (exact) mass is 490 g/mol. The van der Waals surface area contributed by atoms with Crippen LogP contribution in [-0.2, 0) is 11.2 Å². The molecule has 1 saturated heterocycles. The zero-order valence-electron chi connectivity index (χ0n) is 19.9. The number of carbonyl (C=O) groups excluding carboxylic acids is 1. The van der Waals surface area contributed by atoms with Gasteiger partial charge >= 0.3 is 0 Å². The molecule has 0 bridgehead atoms. The van der Waals surface area contributed by atoms with E-state index in [0.29, 0.717) is 13.1 Å². The Balaban J connectivity index is 1.09. The number of fused-ring (bicyclic) bond motifs is 2. The van der Waals surface area contributed by atoms with Gasteiger partial charge in [0.1, 0.15) is 18.0 Å². The minimum Gasteiger partial charge on any atom is -0.363 e. The zero-order valence-corrected chi connectivity index (χ0v) is 20.7. The van der Waals surface area contributed by atoms with E-state index in [1.165, 1.54) is 5.57 Å². The van der Waals surface area contributed by atoms with Gasteiger partial charge in [-0.15, -0.1) is 11.3 Å². The van der Waals surface area contributed by atoms with E-state index in [9.17, 15) is 4.79 Å². The van der Waals surface area contributed by atoms with E-state index in [0.717, 1.165) is 78.7 Å². The maximum Gasteiger partial charge on any atom is 0.237 e. The van der Waals surface area contributed by atoms with Gasteiger partial charge in [0.05, 0.1) is 28.3 Å². The first-order valence-corrected chi connectivity index (χ1v) is 13.1. The van der Waals surface area contributed by atoms with Crippen LogP contribution in [0.5, 0.6) is 0 Å². The Kier molecular flexibility index (Phi) is 6.09. The Labute approximate surface area is 208 Å². The summed E-state index contributed by atoms with van der Waals surface area (Å²) in [5, 5.41) is 7.07. The number of hydrogen-bond acceptors (Lipinski definition) is 9. The van der Waals surface area contributed by atoms with Crippen LogP contribution in [0.15, 0.2) is 41.7 Å². The zero-order chi connectivity index (χ0) is 23.8. The second-order valence-electron chi connectivity index (χ2n) is 9.56. The van der Waals surface area contributed by atoms with E-state index in [4.69, 9.17) is 0 Å². The SMILES string of the molecule is CN1CCN(CC(=O)N2CC=C(C3Cc4c(Nc5ccc6ncsc6c5)ncnc4N3)CC2)CC1. The summed E-state index contributed by atoms with van der Waals surface area (Å²) in [5.41, 5.74) is 6.33. The molecule has 0 saturated carbocycles. The molecule has 10 heteroatoms. The molecule has 0 spiro atoms. The van der Waals surface area contributed by atoms with E-state index < -0.39 is 0 Å². The van der Waals surface area contributed by atoms with Crippen LogP contribution in [0.4, 0.5) is 17.3 Å². The molecule has 1 unspecified atom stereocenters. The molecular weight excluding hydrogens is 460 g/mol. The molecule has 1 aromatic carbocycles. The van der Waals surface area contributed by atoms with Crippen molar-refractivity contribution in [1.82, 2.24) is 29.7 Å². The molecule has 0 radical (unpaired) electrons. The summed E-state index contributed by atoms with van der Waals surface area (Å²) in [6, 6.07) is 6.37. The number of piperazine rings is 1. The molecule has 1 fully saturated rings. The maximum atomic E-state index is 12.8. The molecule has 3 aliphatic heterocycles. The van der Waals surface area contributed by atoms with Gasteiger partial charge in [-0.25, -0.2) is 15.0 Å². The summed E-state index contributed by atoms with van der Waals surface area (Å²) >= 11 is 1.63. The average Bonchev–Trinajstić information content (AvgIpc) is 3.53. The number of carbonyl (C=O) groups is 1. The van der Waals surface area contributed by atoms with Gasteiger partial charge in [-0.3, -0.25) is 9.69 Å². The number of nitrogens with one attached hydrogen (secondary N) is 2. The highest BCUT2D eigenvalue weighted by atomic mass is 32.1. The third-order valence-electron chi connectivity index (χ3n) is 7.26. The van der Waals surface area contributed by atoms with E-state index >= 15 is 0 Å². The van der Waals surface area contributed by atoms with E-state index in [1.807, 2.05) is 22.5 Å². The van der Waals surface area contributed by atoms with E-state index in [2.05, 4.69) is 54.6 Å².